The molecule has 31 heavy (non-hydrogen) atoms. The van der Waals surface area contributed by atoms with Gasteiger partial charge in [-0.2, -0.15) is 5.10 Å². The van der Waals surface area contributed by atoms with E-state index in [1.807, 2.05) is 37.2 Å². The molecule has 0 aliphatic heterocycles. The zero-order valence-electron chi connectivity index (χ0n) is 17.2. The topological polar surface area (TPSA) is 75.9 Å². The van der Waals surface area contributed by atoms with Crippen LogP contribution in [0.25, 0.3) is 16.6 Å². The van der Waals surface area contributed by atoms with Gasteiger partial charge in [0.1, 0.15) is 11.6 Å². The SMILES string of the molecule is CN(C)c1cccc(C2(NC(=O)c3cncc4c3cnn4-c3ccc(F)cc3)CC2)n1. The summed E-state index contributed by atoms with van der Waals surface area (Å²) < 4.78 is 14.9. The lowest BCUT2D eigenvalue weighted by molar-refractivity contribution is 0.0931. The number of rotatable bonds is 5. The minimum absolute atomic E-state index is 0.216. The lowest BCUT2D eigenvalue weighted by atomic mass is 10.1. The molecule has 1 aliphatic carbocycles. The molecule has 0 spiro atoms. The van der Waals surface area contributed by atoms with E-state index in [9.17, 15) is 9.18 Å². The highest BCUT2D eigenvalue weighted by atomic mass is 19.1. The molecule has 5 rings (SSSR count). The summed E-state index contributed by atoms with van der Waals surface area (Å²) in [4.78, 5) is 24.1. The van der Waals surface area contributed by atoms with Gasteiger partial charge < -0.3 is 10.2 Å². The molecule has 7 nitrogen and oxygen atoms in total. The highest BCUT2D eigenvalue weighted by Gasteiger charge is 2.47. The van der Waals surface area contributed by atoms with E-state index in [4.69, 9.17) is 4.98 Å². The summed E-state index contributed by atoms with van der Waals surface area (Å²) in [5, 5.41) is 8.25. The quantitative estimate of drug-likeness (QED) is 0.539. The number of amides is 1. The van der Waals surface area contributed by atoms with E-state index in [1.54, 1.807) is 35.4 Å². The Hall–Kier alpha value is -3.81. The van der Waals surface area contributed by atoms with Gasteiger partial charge in [-0.05, 0) is 49.2 Å². The van der Waals surface area contributed by atoms with Gasteiger partial charge in [0.25, 0.3) is 5.91 Å². The molecule has 3 heterocycles. The van der Waals surface area contributed by atoms with Gasteiger partial charge in [-0.1, -0.05) is 6.07 Å². The van der Waals surface area contributed by atoms with E-state index in [-0.39, 0.29) is 11.7 Å². The molecule has 4 aromatic rings. The van der Waals surface area contributed by atoms with Crippen molar-refractivity contribution < 1.29 is 9.18 Å². The standard InChI is InChI=1S/C23H21FN6O/c1-29(2)21-5-3-4-20(27-21)23(10-11-23)28-22(31)18-12-25-14-19-17(18)13-26-30(19)16-8-6-15(24)7-9-16/h3-9,12-14H,10-11H2,1-2H3,(H,28,31). The maximum Gasteiger partial charge on any atom is 0.254 e. The summed E-state index contributed by atoms with van der Waals surface area (Å²) in [6.07, 6.45) is 6.51. The summed E-state index contributed by atoms with van der Waals surface area (Å²) in [5.74, 6) is 0.314. The molecule has 1 aromatic carbocycles. The van der Waals surface area contributed by atoms with Crippen LogP contribution in [0.2, 0.25) is 0 Å². The van der Waals surface area contributed by atoms with Crippen molar-refractivity contribution in [3.05, 3.63) is 78.1 Å². The van der Waals surface area contributed by atoms with E-state index in [0.29, 0.717) is 22.2 Å². The molecule has 1 N–H and O–H groups in total. The van der Waals surface area contributed by atoms with Crippen LogP contribution in [0, 0.1) is 5.82 Å². The molecular formula is C23H21FN6O. The third kappa shape index (κ3) is 3.39. The number of anilines is 1. The second kappa shape index (κ2) is 7.16. The van der Waals surface area contributed by atoms with Crippen molar-refractivity contribution in [1.82, 2.24) is 25.1 Å². The largest absolute Gasteiger partial charge is 0.363 e. The molecule has 8 heteroatoms. The second-order valence-corrected chi connectivity index (χ2v) is 7.96. The van der Waals surface area contributed by atoms with Crippen LogP contribution in [0.1, 0.15) is 28.9 Å². The summed E-state index contributed by atoms with van der Waals surface area (Å²) >= 11 is 0. The van der Waals surface area contributed by atoms with E-state index in [1.165, 1.54) is 12.1 Å². The first-order valence-electron chi connectivity index (χ1n) is 10.0. The average molecular weight is 416 g/mol. The number of carbonyl (C=O) groups excluding carboxylic acids is 1. The third-order valence-corrected chi connectivity index (χ3v) is 5.60. The number of halogens is 1. The fraction of sp³-hybridized carbons (Fsp3) is 0.217. The number of benzene rings is 1. The van der Waals surface area contributed by atoms with Gasteiger partial charge in [0.15, 0.2) is 0 Å². The highest BCUT2D eigenvalue weighted by molar-refractivity contribution is 6.06. The Labute approximate surface area is 178 Å². The van der Waals surface area contributed by atoms with Crippen LogP contribution in [0.4, 0.5) is 10.2 Å². The van der Waals surface area contributed by atoms with E-state index in [2.05, 4.69) is 15.4 Å². The summed E-state index contributed by atoms with van der Waals surface area (Å²) in [5.41, 5.74) is 2.21. The van der Waals surface area contributed by atoms with Crippen molar-refractivity contribution in [2.75, 3.05) is 19.0 Å². The number of nitrogens with one attached hydrogen (secondary N) is 1. The fourth-order valence-electron chi connectivity index (χ4n) is 3.70. The number of aromatic nitrogens is 4. The number of hydrogen-bond acceptors (Lipinski definition) is 5. The van der Waals surface area contributed by atoms with Crippen LogP contribution in [0.5, 0.6) is 0 Å². The smallest absolute Gasteiger partial charge is 0.254 e. The number of carbonyl (C=O) groups is 1. The van der Waals surface area contributed by atoms with E-state index < -0.39 is 5.54 Å². The van der Waals surface area contributed by atoms with Crippen molar-refractivity contribution in [3.8, 4) is 5.69 Å². The maximum absolute atomic E-state index is 13.3. The Morgan fingerprint density at radius 3 is 2.58 bits per heavy atom. The fourth-order valence-corrected chi connectivity index (χ4v) is 3.70. The molecule has 0 bridgehead atoms. The molecular weight excluding hydrogens is 395 g/mol. The van der Waals surface area contributed by atoms with Gasteiger partial charge in [-0.3, -0.25) is 9.78 Å². The second-order valence-electron chi connectivity index (χ2n) is 7.96. The van der Waals surface area contributed by atoms with Crippen molar-refractivity contribution >= 4 is 22.6 Å². The normalized spacial score (nSPS) is 14.4. The zero-order chi connectivity index (χ0) is 21.6. The van der Waals surface area contributed by atoms with Crippen LogP contribution >= 0.6 is 0 Å². The van der Waals surface area contributed by atoms with Gasteiger partial charge in [-0.15, -0.1) is 0 Å². The first-order valence-corrected chi connectivity index (χ1v) is 10.0. The third-order valence-electron chi connectivity index (χ3n) is 5.60. The molecule has 0 atom stereocenters. The zero-order valence-corrected chi connectivity index (χ0v) is 17.2. The Kier molecular flexibility index (Phi) is 4.43. The van der Waals surface area contributed by atoms with Crippen molar-refractivity contribution in [1.29, 1.82) is 0 Å². The molecule has 156 valence electrons. The number of nitrogens with zero attached hydrogens (tertiary/aromatic N) is 5. The molecule has 3 aromatic heterocycles. The minimum atomic E-state index is -0.460. The predicted molar refractivity (Wildman–Crippen MR) is 116 cm³/mol. The summed E-state index contributed by atoms with van der Waals surface area (Å²) in [6, 6.07) is 11.9. The van der Waals surface area contributed by atoms with Crippen LogP contribution in [0.3, 0.4) is 0 Å². The van der Waals surface area contributed by atoms with Crippen LogP contribution in [0.15, 0.2) is 61.1 Å². The Morgan fingerprint density at radius 1 is 1.10 bits per heavy atom. The van der Waals surface area contributed by atoms with Crippen LogP contribution < -0.4 is 10.2 Å². The molecule has 1 aliphatic rings. The molecule has 0 radical (unpaired) electrons. The minimum Gasteiger partial charge on any atom is -0.363 e. The number of fused-ring (bicyclic) bond motifs is 1. The van der Waals surface area contributed by atoms with Crippen LogP contribution in [-0.4, -0.2) is 39.8 Å². The monoisotopic (exact) mass is 416 g/mol. The maximum atomic E-state index is 13.3. The van der Waals surface area contributed by atoms with Crippen LogP contribution in [-0.2, 0) is 5.54 Å². The summed E-state index contributed by atoms with van der Waals surface area (Å²) in [6.45, 7) is 0. The van der Waals surface area contributed by atoms with Gasteiger partial charge in [-0.25, -0.2) is 14.1 Å². The lowest BCUT2D eigenvalue weighted by Crippen LogP contribution is -2.36. The van der Waals surface area contributed by atoms with Crippen molar-refractivity contribution in [3.63, 3.8) is 0 Å². The molecule has 1 saturated carbocycles. The van der Waals surface area contributed by atoms with Gasteiger partial charge >= 0.3 is 0 Å². The van der Waals surface area contributed by atoms with E-state index >= 15 is 0 Å². The Balaban J connectivity index is 1.47. The predicted octanol–water partition coefficient (Wildman–Crippen LogP) is 3.44. The molecule has 1 amide bonds. The molecule has 0 unspecified atom stereocenters. The Morgan fingerprint density at radius 2 is 1.87 bits per heavy atom. The molecule has 1 fully saturated rings. The summed E-state index contributed by atoms with van der Waals surface area (Å²) in [7, 11) is 3.88. The average Bonchev–Trinajstić information content (AvgIpc) is 3.43. The highest BCUT2D eigenvalue weighted by Crippen LogP contribution is 2.45. The van der Waals surface area contributed by atoms with Gasteiger partial charge in [0, 0.05) is 25.7 Å². The van der Waals surface area contributed by atoms with Gasteiger partial charge in [0.05, 0.1) is 40.4 Å². The van der Waals surface area contributed by atoms with Crippen molar-refractivity contribution in [2.24, 2.45) is 0 Å². The first kappa shape index (κ1) is 19.2. The van der Waals surface area contributed by atoms with Crippen molar-refractivity contribution in [2.45, 2.75) is 18.4 Å². The number of hydrogen-bond donors (Lipinski definition) is 1. The Bertz CT molecular complexity index is 1280. The molecule has 0 saturated heterocycles. The van der Waals surface area contributed by atoms with E-state index in [0.717, 1.165) is 24.4 Å². The number of pyridine rings is 2. The first-order chi connectivity index (χ1) is 15.0. The van der Waals surface area contributed by atoms with Gasteiger partial charge in [0.2, 0.25) is 0 Å². The lowest BCUT2D eigenvalue weighted by Gasteiger charge is -2.19.